The fraction of sp³-hybridized carbons (Fsp3) is 0.143. The molecule has 0 bridgehead atoms. The van der Waals surface area contributed by atoms with Crippen LogP contribution in [0.25, 0.3) is 16.7 Å². The highest BCUT2D eigenvalue weighted by molar-refractivity contribution is 6.17. The van der Waals surface area contributed by atoms with Gasteiger partial charge in [0.2, 0.25) is 0 Å². The lowest BCUT2D eigenvalue weighted by Gasteiger charge is -2.10. The van der Waals surface area contributed by atoms with Gasteiger partial charge in [0, 0.05) is 12.3 Å². The van der Waals surface area contributed by atoms with Crippen LogP contribution in [0.4, 0.5) is 4.39 Å². The predicted octanol–water partition coefficient (Wildman–Crippen LogP) is 3.31. The van der Waals surface area contributed by atoms with Crippen LogP contribution in [-0.2, 0) is 5.88 Å². The van der Waals surface area contributed by atoms with Gasteiger partial charge in [-0.05, 0) is 18.2 Å². The molecule has 0 unspecified atom stereocenters. The van der Waals surface area contributed by atoms with Gasteiger partial charge in [-0.15, -0.1) is 11.6 Å². The summed E-state index contributed by atoms with van der Waals surface area (Å²) in [4.78, 5) is 8.38. The van der Waals surface area contributed by atoms with Crippen molar-refractivity contribution in [2.75, 3.05) is 7.11 Å². The fourth-order valence-corrected chi connectivity index (χ4v) is 2.31. The maximum atomic E-state index is 14.2. The number of methoxy groups -OCH3 is 1. The Morgan fingerprint density at radius 2 is 2.20 bits per heavy atom. The van der Waals surface area contributed by atoms with Crippen molar-refractivity contribution in [3.05, 3.63) is 48.3 Å². The lowest BCUT2D eigenvalue weighted by atomic mass is 10.2. The predicted molar refractivity (Wildman–Crippen MR) is 74.9 cm³/mol. The minimum absolute atomic E-state index is 0.172. The second-order valence-electron chi connectivity index (χ2n) is 4.18. The second kappa shape index (κ2) is 5.09. The molecule has 0 fully saturated rings. The average molecular weight is 292 g/mol. The summed E-state index contributed by atoms with van der Waals surface area (Å²) < 4.78 is 21.0. The molecule has 1 aromatic carbocycles. The highest BCUT2D eigenvalue weighted by Crippen LogP contribution is 2.26. The Labute approximate surface area is 119 Å². The molecular weight excluding hydrogens is 281 g/mol. The highest BCUT2D eigenvalue weighted by atomic mass is 35.5. The summed E-state index contributed by atoms with van der Waals surface area (Å²) in [5, 5.41) is 0. The molecule has 2 aromatic heterocycles. The van der Waals surface area contributed by atoms with Crippen molar-refractivity contribution >= 4 is 22.6 Å². The summed E-state index contributed by atoms with van der Waals surface area (Å²) in [6.07, 6.45) is 3.26. The molecule has 0 N–H and O–H groups in total. The van der Waals surface area contributed by atoms with Crippen LogP contribution >= 0.6 is 11.6 Å². The number of pyridine rings is 1. The van der Waals surface area contributed by atoms with E-state index in [0.717, 1.165) is 5.52 Å². The number of ether oxygens (including phenoxy) is 1. The van der Waals surface area contributed by atoms with E-state index in [2.05, 4.69) is 9.97 Å². The minimum Gasteiger partial charge on any atom is -0.497 e. The molecule has 0 spiro atoms. The van der Waals surface area contributed by atoms with E-state index in [4.69, 9.17) is 16.3 Å². The third-order valence-corrected chi connectivity index (χ3v) is 3.28. The van der Waals surface area contributed by atoms with E-state index in [9.17, 15) is 4.39 Å². The average Bonchev–Trinajstić information content (AvgIpc) is 2.86. The highest BCUT2D eigenvalue weighted by Gasteiger charge is 2.15. The number of fused-ring (bicyclic) bond motifs is 1. The molecule has 0 atom stereocenters. The first kappa shape index (κ1) is 12.9. The molecular formula is C14H11ClFN3O. The van der Waals surface area contributed by atoms with Crippen molar-refractivity contribution in [3.8, 4) is 11.4 Å². The SMILES string of the molecule is COc1ccc(F)c(-n2c(CCl)nc3cnccc32)c1. The Hall–Kier alpha value is -2.14. The first-order valence-corrected chi connectivity index (χ1v) is 6.49. The topological polar surface area (TPSA) is 39.9 Å². The van der Waals surface area contributed by atoms with Gasteiger partial charge in [0.25, 0.3) is 0 Å². The summed E-state index contributed by atoms with van der Waals surface area (Å²) in [7, 11) is 1.54. The Kier molecular flexibility index (Phi) is 3.28. The van der Waals surface area contributed by atoms with E-state index in [0.29, 0.717) is 22.8 Å². The molecule has 0 radical (unpaired) electrons. The van der Waals surface area contributed by atoms with Gasteiger partial charge in [0.1, 0.15) is 22.9 Å². The number of rotatable bonds is 3. The van der Waals surface area contributed by atoms with Crippen molar-refractivity contribution in [2.45, 2.75) is 5.88 Å². The van der Waals surface area contributed by atoms with Gasteiger partial charge in [-0.3, -0.25) is 9.55 Å². The Morgan fingerprint density at radius 3 is 2.95 bits per heavy atom. The van der Waals surface area contributed by atoms with Crippen LogP contribution in [0.15, 0.2) is 36.7 Å². The molecule has 4 nitrogen and oxygen atoms in total. The first-order chi connectivity index (χ1) is 9.74. The van der Waals surface area contributed by atoms with Crippen molar-refractivity contribution in [2.24, 2.45) is 0 Å². The molecule has 3 aromatic rings. The molecule has 102 valence electrons. The quantitative estimate of drug-likeness (QED) is 0.695. The van der Waals surface area contributed by atoms with Gasteiger partial charge < -0.3 is 4.74 Å². The Bertz CT molecular complexity index is 772. The number of nitrogens with zero attached hydrogens (tertiary/aromatic N) is 3. The Morgan fingerprint density at radius 1 is 1.35 bits per heavy atom. The molecule has 3 rings (SSSR count). The smallest absolute Gasteiger partial charge is 0.147 e. The monoisotopic (exact) mass is 291 g/mol. The number of imidazole rings is 1. The van der Waals surface area contributed by atoms with Crippen molar-refractivity contribution in [3.63, 3.8) is 0 Å². The van der Waals surface area contributed by atoms with Crippen molar-refractivity contribution in [1.29, 1.82) is 0 Å². The number of hydrogen-bond donors (Lipinski definition) is 0. The maximum Gasteiger partial charge on any atom is 0.147 e. The third kappa shape index (κ3) is 2.00. The van der Waals surface area contributed by atoms with E-state index in [1.165, 1.54) is 13.2 Å². The van der Waals surface area contributed by atoms with E-state index in [1.54, 1.807) is 35.2 Å². The molecule has 20 heavy (non-hydrogen) atoms. The molecule has 0 aliphatic carbocycles. The van der Waals surface area contributed by atoms with Gasteiger partial charge in [-0.25, -0.2) is 9.37 Å². The molecule has 0 aliphatic rings. The molecule has 6 heteroatoms. The number of halogens is 2. The summed E-state index contributed by atoms with van der Waals surface area (Å²) >= 11 is 5.92. The molecule has 0 amide bonds. The molecule has 0 saturated heterocycles. The minimum atomic E-state index is -0.367. The van der Waals surface area contributed by atoms with Gasteiger partial charge in [-0.1, -0.05) is 0 Å². The summed E-state index contributed by atoms with van der Waals surface area (Å²) in [5.41, 5.74) is 1.78. The van der Waals surface area contributed by atoms with E-state index < -0.39 is 0 Å². The zero-order valence-electron chi connectivity index (χ0n) is 10.7. The van der Waals surface area contributed by atoms with Crippen molar-refractivity contribution in [1.82, 2.24) is 14.5 Å². The zero-order valence-corrected chi connectivity index (χ0v) is 11.4. The van der Waals surface area contributed by atoms with Crippen molar-refractivity contribution < 1.29 is 9.13 Å². The lowest BCUT2D eigenvalue weighted by Crippen LogP contribution is -2.02. The molecule has 0 aliphatic heterocycles. The summed E-state index contributed by atoms with van der Waals surface area (Å²) in [6.45, 7) is 0. The van der Waals surface area contributed by atoms with Crippen LogP contribution in [0.2, 0.25) is 0 Å². The van der Waals surface area contributed by atoms with Crippen LogP contribution in [0.5, 0.6) is 5.75 Å². The maximum absolute atomic E-state index is 14.2. The molecule has 2 heterocycles. The first-order valence-electron chi connectivity index (χ1n) is 5.96. The standard InChI is InChI=1S/C14H11ClFN3O/c1-20-9-2-3-10(16)13(6-9)19-12-4-5-17-8-11(12)18-14(19)7-15/h2-6,8H,7H2,1H3. The largest absolute Gasteiger partial charge is 0.497 e. The van der Waals surface area contributed by atoms with Gasteiger partial charge in [0.05, 0.1) is 30.4 Å². The normalized spacial score (nSPS) is 10.9. The van der Waals surface area contributed by atoms with E-state index >= 15 is 0 Å². The van der Waals surface area contributed by atoms with Crippen LogP contribution < -0.4 is 4.74 Å². The van der Waals surface area contributed by atoms with Crippen LogP contribution in [0.3, 0.4) is 0 Å². The zero-order chi connectivity index (χ0) is 14.1. The lowest BCUT2D eigenvalue weighted by molar-refractivity contribution is 0.413. The van der Waals surface area contributed by atoms with Crippen LogP contribution in [-0.4, -0.2) is 21.6 Å². The fourth-order valence-electron chi connectivity index (χ4n) is 2.13. The van der Waals surface area contributed by atoms with Gasteiger partial charge >= 0.3 is 0 Å². The van der Waals surface area contributed by atoms with Gasteiger partial charge in [-0.2, -0.15) is 0 Å². The van der Waals surface area contributed by atoms with E-state index in [-0.39, 0.29) is 11.7 Å². The number of benzene rings is 1. The number of hydrogen-bond acceptors (Lipinski definition) is 3. The van der Waals surface area contributed by atoms with Crippen LogP contribution in [0.1, 0.15) is 5.82 Å². The summed E-state index contributed by atoms with van der Waals surface area (Å²) in [5.74, 6) is 0.929. The third-order valence-electron chi connectivity index (χ3n) is 3.04. The van der Waals surface area contributed by atoms with Gasteiger partial charge in [0.15, 0.2) is 0 Å². The number of aromatic nitrogens is 3. The van der Waals surface area contributed by atoms with Crippen LogP contribution in [0, 0.1) is 5.82 Å². The summed E-state index contributed by atoms with van der Waals surface area (Å²) in [6, 6.07) is 6.32. The Balaban J connectivity index is 2.33. The second-order valence-corrected chi connectivity index (χ2v) is 4.45. The number of alkyl halides is 1. The van der Waals surface area contributed by atoms with E-state index in [1.807, 2.05) is 0 Å². The molecule has 0 saturated carbocycles.